The first-order chi connectivity index (χ1) is 21.2. The molecule has 0 atom stereocenters. The second-order valence-electron chi connectivity index (χ2n) is 12.7. The number of aliphatic imine (C=N–C) groups is 2. The van der Waals surface area contributed by atoms with Gasteiger partial charge in [0.1, 0.15) is 17.2 Å². The number of carbonyl (C=O) groups excluding carboxylic acids is 2. The molecule has 257 valence electrons. The predicted molar refractivity (Wildman–Crippen MR) is 190 cm³/mol. The van der Waals surface area contributed by atoms with Gasteiger partial charge in [0.15, 0.2) is 0 Å². The van der Waals surface area contributed by atoms with E-state index >= 15 is 0 Å². The van der Waals surface area contributed by atoms with Gasteiger partial charge >= 0.3 is 16.8 Å². The number of hydrogen-bond acceptors (Lipinski definition) is 9. The van der Waals surface area contributed by atoms with Gasteiger partial charge in [-0.25, -0.2) is 0 Å². The van der Waals surface area contributed by atoms with Crippen molar-refractivity contribution in [2.24, 2.45) is 9.98 Å². The summed E-state index contributed by atoms with van der Waals surface area (Å²) in [6.45, 7) is 19.8. The van der Waals surface area contributed by atoms with E-state index in [0.29, 0.717) is 28.3 Å². The van der Waals surface area contributed by atoms with Gasteiger partial charge in [-0.3, -0.25) is 9.98 Å². The Bertz CT molecular complexity index is 1560. The molecular formula is C35H48CoN2O7Si2. The van der Waals surface area contributed by atoms with E-state index in [1.165, 1.54) is 10.4 Å². The van der Waals surface area contributed by atoms with Gasteiger partial charge in [0.2, 0.25) is 0 Å². The number of carboxylic acid groups (broad SMARTS) is 2. The standard InChI is InChI=1S/C31H42N2O3Si2.2C2H4O2.Co/c1-10-21-14-26(37(4,5)6)16-23(30(21)34)19-32-28-13-12-25(36-3)18-29(28)33-20-24-17-27(38(7,8)9)15-22(11-2)31(24)35;2*1-2(3)4;/h12-20,34-35H,10-11H2,1-9H3;2*1H3,(H,3,4);/q;;;+2/p-2. The Morgan fingerprint density at radius 3 is 1.40 bits per heavy atom. The predicted octanol–water partition coefficient (Wildman–Crippen LogP) is 4.33. The summed E-state index contributed by atoms with van der Waals surface area (Å²) in [7, 11) is -1.55. The van der Waals surface area contributed by atoms with Crippen LogP contribution in [0.25, 0.3) is 0 Å². The Hall–Kier alpha value is -3.72. The molecule has 1 radical (unpaired) electrons. The number of methoxy groups -OCH3 is 1. The van der Waals surface area contributed by atoms with Gasteiger partial charge in [-0.15, -0.1) is 0 Å². The fourth-order valence-corrected chi connectivity index (χ4v) is 6.55. The maximum absolute atomic E-state index is 10.9. The molecule has 0 aliphatic rings. The van der Waals surface area contributed by atoms with Gasteiger partial charge in [0.25, 0.3) is 0 Å². The molecule has 0 aliphatic carbocycles. The first kappa shape index (κ1) is 43.3. The topological polar surface area (TPSA) is 155 Å². The van der Waals surface area contributed by atoms with E-state index in [1.807, 2.05) is 18.2 Å². The maximum atomic E-state index is 10.9. The van der Waals surface area contributed by atoms with Crippen molar-refractivity contribution < 1.29 is 51.5 Å². The molecule has 0 saturated heterocycles. The summed E-state index contributed by atoms with van der Waals surface area (Å²) in [4.78, 5) is 27.3. The molecule has 0 aromatic heterocycles. The van der Waals surface area contributed by atoms with Crippen LogP contribution in [0.3, 0.4) is 0 Å². The molecule has 3 aromatic rings. The fourth-order valence-electron chi connectivity index (χ4n) is 4.16. The van der Waals surface area contributed by atoms with E-state index < -0.39 is 28.1 Å². The smallest absolute Gasteiger partial charge is 0.550 e. The average Bonchev–Trinajstić information content (AvgIpc) is 2.94. The van der Waals surface area contributed by atoms with Crippen LogP contribution in [-0.4, -0.2) is 57.8 Å². The van der Waals surface area contributed by atoms with E-state index in [-0.39, 0.29) is 28.3 Å². The fraction of sp³-hybridized carbons (Fsp3) is 0.371. The summed E-state index contributed by atoms with van der Waals surface area (Å²) < 4.78 is 5.45. The van der Waals surface area contributed by atoms with Gasteiger partial charge in [0, 0.05) is 41.6 Å². The number of aliphatic carboxylic acids is 2. The van der Waals surface area contributed by atoms with Crippen LogP contribution in [0, 0.1) is 0 Å². The molecule has 9 nitrogen and oxygen atoms in total. The third-order valence-corrected chi connectivity index (χ3v) is 10.8. The SMILES string of the molecule is CC(=O)[O-].CC(=O)[O-].CCc1cc([Si](C)(C)C)cc(C=Nc2ccc(OC)cc2N=Cc2cc([Si](C)(C)C)cc(CC)c2O)c1O.[Co+2]. The Balaban J connectivity index is 0.00000211. The van der Waals surface area contributed by atoms with Crippen LogP contribution in [0.5, 0.6) is 17.2 Å². The Morgan fingerprint density at radius 2 is 1.09 bits per heavy atom. The minimum Gasteiger partial charge on any atom is -0.550 e. The number of phenols is 2. The number of nitrogens with zero attached hydrogens (tertiary/aromatic N) is 2. The van der Waals surface area contributed by atoms with Crippen LogP contribution in [0.2, 0.25) is 39.3 Å². The second-order valence-corrected chi connectivity index (χ2v) is 22.9. The van der Waals surface area contributed by atoms with Crippen LogP contribution in [0.15, 0.2) is 52.4 Å². The van der Waals surface area contributed by atoms with Crippen LogP contribution in [0.1, 0.15) is 49.9 Å². The first-order valence-corrected chi connectivity index (χ1v) is 22.1. The molecule has 3 aromatic carbocycles. The van der Waals surface area contributed by atoms with E-state index in [1.54, 1.807) is 19.5 Å². The number of aryl methyl sites for hydroxylation is 2. The zero-order chi connectivity index (χ0) is 35.4. The number of phenolic OH excluding ortho intramolecular Hbond substituents is 2. The molecule has 12 heteroatoms. The number of benzene rings is 3. The van der Waals surface area contributed by atoms with Crippen LogP contribution in [0.4, 0.5) is 11.4 Å². The summed E-state index contributed by atoms with van der Waals surface area (Å²) in [5, 5.41) is 42.1. The zero-order valence-electron chi connectivity index (χ0n) is 29.3. The average molecular weight is 724 g/mol. The number of ether oxygens (including phenoxy) is 1. The number of carbonyl (C=O) groups is 2. The Labute approximate surface area is 291 Å². The van der Waals surface area contributed by atoms with Gasteiger partial charge in [0.05, 0.1) is 34.6 Å². The van der Waals surface area contributed by atoms with E-state index in [4.69, 9.17) is 34.5 Å². The van der Waals surface area contributed by atoms with Crippen molar-refractivity contribution in [3.63, 3.8) is 0 Å². The van der Waals surface area contributed by atoms with Gasteiger partial charge in [-0.05, 0) is 49.9 Å². The van der Waals surface area contributed by atoms with E-state index in [0.717, 1.165) is 37.8 Å². The summed E-state index contributed by atoms with van der Waals surface area (Å²) in [6.07, 6.45) is 4.93. The van der Waals surface area contributed by atoms with Crippen LogP contribution in [-0.2, 0) is 39.2 Å². The number of rotatable bonds is 9. The molecule has 0 spiro atoms. The number of hydrogen-bond donors (Lipinski definition) is 2. The molecule has 0 bridgehead atoms. The molecule has 0 amide bonds. The van der Waals surface area contributed by atoms with Gasteiger partial charge in [-0.1, -0.05) is 87.8 Å². The van der Waals surface area contributed by atoms with Crippen molar-refractivity contribution in [1.29, 1.82) is 0 Å². The van der Waals surface area contributed by atoms with Crippen LogP contribution < -0.4 is 25.3 Å². The van der Waals surface area contributed by atoms with Gasteiger partial charge < -0.3 is 34.8 Å². The Morgan fingerprint density at radius 1 is 0.723 bits per heavy atom. The van der Waals surface area contributed by atoms with E-state index in [2.05, 4.69) is 77.4 Å². The van der Waals surface area contributed by atoms with Crippen molar-refractivity contribution in [3.05, 3.63) is 64.7 Å². The largest absolute Gasteiger partial charge is 2.00 e. The van der Waals surface area contributed by atoms with Crippen molar-refractivity contribution in [1.82, 2.24) is 0 Å². The van der Waals surface area contributed by atoms with Crippen molar-refractivity contribution in [2.75, 3.05) is 7.11 Å². The molecule has 0 unspecified atom stereocenters. The molecular weight excluding hydrogens is 675 g/mol. The van der Waals surface area contributed by atoms with Gasteiger partial charge in [-0.2, -0.15) is 0 Å². The number of aromatic hydroxyl groups is 2. The van der Waals surface area contributed by atoms with Crippen molar-refractivity contribution >= 4 is 62.3 Å². The molecule has 47 heavy (non-hydrogen) atoms. The molecule has 0 aliphatic heterocycles. The molecule has 0 heterocycles. The number of carboxylic acids is 2. The monoisotopic (exact) mass is 723 g/mol. The zero-order valence-corrected chi connectivity index (χ0v) is 32.3. The third-order valence-electron chi connectivity index (χ3n) is 6.80. The van der Waals surface area contributed by atoms with E-state index in [9.17, 15) is 10.2 Å². The minimum absolute atomic E-state index is 0. The first-order valence-electron chi connectivity index (χ1n) is 15.1. The summed E-state index contributed by atoms with van der Waals surface area (Å²) in [5.41, 5.74) is 4.54. The summed E-state index contributed by atoms with van der Waals surface area (Å²) in [6, 6.07) is 13.9. The third kappa shape index (κ3) is 14.3. The molecule has 0 saturated carbocycles. The summed E-state index contributed by atoms with van der Waals surface area (Å²) >= 11 is 0. The maximum Gasteiger partial charge on any atom is 2.00 e. The quantitative estimate of drug-likeness (QED) is 0.246. The normalized spacial score (nSPS) is 11.2. The summed E-state index contributed by atoms with van der Waals surface area (Å²) in [5.74, 6) is -0.953. The van der Waals surface area contributed by atoms with Crippen molar-refractivity contribution in [2.45, 2.75) is 79.8 Å². The Kier molecular flexibility index (Phi) is 17.7. The minimum atomic E-state index is -1.59. The van der Waals surface area contributed by atoms with Crippen LogP contribution >= 0.6 is 0 Å². The molecule has 3 rings (SSSR count). The van der Waals surface area contributed by atoms with Crippen molar-refractivity contribution in [3.8, 4) is 17.2 Å². The second kappa shape index (κ2) is 19.2. The molecule has 2 N–H and O–H groups in total. The molecule has 0 fully saturated rings.